The summed E-state index contributed by atoms with van der Waals surface area (Å²) in [6.45, 7) is 12.3. The standard InChI is InChI=1S/C29H38N8O3/c1-18(2)35(8)24-14-19-20(22(32-24)16-34(7)27(39)40-28(3,4)5)15-36(26(19)38)23-11-9-10-21(31-23)25-33-30-17-37(25)29(6)12-13-29/h9-11,14,17-18H,12-13,15-16H2,1-8H3. The van der Waals surface area contributed by atoms with E-state index in [0.29, 0.717) is 41.0 Å². The Morgan fingerprint density at radius 2 is 1.90 bits per heavy atom. The minimum atomic E-state index is -0.620. The molecule has 5 rings (SSSR count). The van der Waals surface area contributed by atoms with Crippen molar-refractivity contribution in [1.82, 2.24) is 29.6 Å². The first-order chi connectivity index (χ1) is 18.8. The van der Waals surface area contributed by atoms with E-state index in [-0.39, 0.29) is 24.0 Å². The lowest BCUT2D eigenvalue weighted by atomic mass is 10.1. The molecule has 0 N–H and O–H groups in total. The van der Waals surface area contributed by atoms with Crippen molar-refractivity contribution in [3.63, 3.8) is 0 Å². The molecule has 0 atom stereocenters. The van der Waals surface area contributed by atoms with E-state index in [1.165, 1.54) is 4.90 Å². The van der Waals surface area contributed by atoms with Crippen molar-refractivity contribution in [3.05, 3.63) is 47.4 Å². The van der Waals surface area contributed by atoms with Crippen LogP contribution in [-0.2, 0) is 23.4 Å². The van der Waals surface area contributed by atoms with Crippen molar-refractivity contribution in [2.24, 2.45) is 0 Å². The molecule has 0 radical (unpaired) electrons. The molecular weight excluding hydrogens is 508 g/mol. The molecule has 0 unspecified atom stereocenters. The van der Waals surface area contributed by atoms with Gasteiger partial charge >= 0.3 is 6.09 Å². The number of pyridine rings is 2. The molecule has 0 saturated heterocycles. The predicted octanol–water partition coefficient (Wildman–Crippen LogP) is 4.62. The minimum Gasteiger partial charge on any atom is -0.444 e. The van der Waals surface area contributed by atoms with Crippen LogP contribution in [0.3, 0.4) is 0 Å². The summed E-state index contributed by atoms with van der Waals surface area (Å²) in [6.07, 6.45) is 3.44. The molecule has 40 heavy (non-hydrogen) atoms. The van der Waals surface area contributed by atoms with Gasteiger partial charge in [-0.25, -0.2) is 14.8 Å². The van der Waals surface area contributed by atoms with Crippen LogP contribution < -0.4 is 9.80 Å². The van der Waals surface area contributed by atoms with E-state index in [0.717, 1.165) is 18.4 Å². The Morgan fingerprint density at radius 3 is 2.55 bits per heavy atom. The summed E-state index contributed by atoms with van der Waals surface area (Å²) >= 11 is 0. The van der Waals surface area contributed by atoms with Gasteiger partial charge in [0.25, 0.3) is 5.91 Å². The zero-order valence-corrected chi connectivity index (χ0v) is 24.6. The van der Waals surface area contributed by atoms with Crippen molar-refractivity contribution in [2.45, 2.75) is 84.7 Å². The molecular formula is C29H38N8O3. The second-order valence-corrected chi connectivity index (χ2v) is 12.3. The second-order valence-electron chi connectivity index (χ2n) is 12.3. The number of aromatic nitrogens is 5. The number of carbonyl (C=O) groups excluding carboxylic acids is 2. The summed E-state index contributed by atoms with van der Waals surface area (Å²) in [4.78, 5) is 41.5. The molecule has 212 valence electrons. The summed E-state index contributed by atoms with van der Waals surface area (Å²) in [5.41, 5.74) is 2.05. The number of amides is 2. The van der Waals surface area contributed by atoms with E-state index in [1.54, 1.807) is 18.3 Å². The van der Waals surface area contributed by atoms with Crippen LogP contribution in [-0.4, -0.2) is 67.4 Å². The maximum Gasteiger partial charge on any atom is 0.410 e. The van der Waals surface area contributed by atoms with Crippen LogP contribution in [0.5, 0.6) is 0 Å². The molecule has 0 spiro atoms. The molecule has 1 saturated carbocycles. The molecule has 3 aromatic rings. The lowest BCUT2D eigenvalue weighted by molar-refractivity contribution is 0.0282. The molecule has 1 fully saturated rings. The Bertz CT molecular complexity index is 1450. The lowest BCUT2D eigenvalue weighted by Crippen LogP contribution is -2.34. The Hall–Kier alpha value is -4.02. The Kier molecular flexibility index (Phi) is 6.79. The summed E-state index contributed by atoms with van der Waals surface area (Å²) < 4.78 is 7.63. The number of nitrogens with zero attached hydrogens (tertiary/aromatic N) is 8. The van der Waals surface area contributed by atoms with Gasteiger partial charge in [-0.2, -0.15) is 0 Å². The van der Waals surface area contributed by atoms with Gasteiger partial charge in [-0.1, -0.05) is 6.07 Å². The molecule has 11 heteroatoms. The van der Waals surface area contributed by atoms with Crippen LogP contribution in [0.1, 0.15) is 76.0 Å². The van der Waals surface area contributed by atoms with Gasteiger partial charge in [0.1, 0.15) is 29.3 Å². The monoisotopic (exact) mass is 546 g/mol. The number of anilines is 2. The first-order valence-corrected chi connectivity index (χ1v) is 13.7. The summed E-state index contributed by atoms with van der Waals surface area (Å²) in [6, 6.07) is 7.60. The fourth-order valence-corrected chi connectivity index (χ4v) is 4.67. The molecule has 4 heterocycles. The third-order valence-corrected chi connectivity index (χ3v) is 7.56. The molecule has 0 bridgehead atoms. The third kappa shape index (κ3) is 5.24. The molecule has 2 amide bonds. The number of fused-ring (bicyclic) bond motifs is 1. The zero-order valence-electron chi connectivity index (χ0n) is 24.6. The number of carbonyl (C=O) groups is 2. The number of hydrogen-bond acceptors (Lipinski definition) is 8. The molecule has 3 aromatic heterocycles. The van der Waals surface area contributed by atoms with Gasteiger partial charge in [-0.3, -0.25) is 9.69 Å². The molecule has 1 aliphatic heterocycles. The fourth-order valence-electron chi connectivity index (χ4n) is 4.67. The van der Waals surface area contributed by atoms with Crippen molar-refractivity contribution >= 4 is 23.6 Å². The van der Waals surface area contributed by atoms with Gasteiger partial charge in [0, 0.05) is 31.2 Å². The molecule has 11 nitrogen and oxygen atoms in total. The Morgan fingerprint density at radius 1 is 1.18 bits per heavy atom. The van der Waals surface area contributed by atoms with E-state index < -0.39 is 11.7 Å². The van der Waals surface area contributed by atoms with Gasteiger partial charge in [0.15, 0.2) is 5.82 Å². The highest BCUT2D eigenvalue weighted by Crippen LogP contribution is 2.44. The molecule has 2 aliphatic rings. The number of hydrogen-bond donors (Lipinski definition) is 0. The van der Waals surface area contributed by atoms with Crippen molar-refractivity contribution in [3.8, 4) is 11.5 Å². The first-order valence-electron chi connectivity index (χ1n) is 13.7. The van der Waals surface area contributed by atoms with E-state index in [1.807, 2.05) is 57.0 Å². The largest absolute Gasteiger partial charge is 0.444 e. The Labute approximate surface area is 235 Å². The van der Waals surface area contributed by atoms with Crippen molar-refractivity contribution in [2.75, 3.05) is 23.9 Å². The van der Waals surface area contributed by atoms with Crippen molar-refractivity contribution in [1.29, 1.82) is 0 Å². The van der Waals surface area contributed by atoms with Crippen molar-refractivity contribution < 1.29 is 14.3 Å². The highest BCUT2D eigenvalue weighted by Gasteiger charge is 2.41. The highest BCUT2D eigenvalue weighted by atomic mass is 16.6. The van der Waals surface area contributed by atoms with E-state index in [9.17, 15) is 9.59 Å². The predicted molar refractivity (Wildman–Crippen MR) is 152 cm³/mol. The highest BCUT2D eigenvalue weighted by molar-refractivity contribution is 6.10. The SMILES string of the molecule is CC(C)N(C)c1cc2c(c(CN(C)C(=O)OC(C)(C)C)n1)CN(c1cccc(-c3nncn3C3(C)CC3)n1)C2=O. The van der Waals surface area contributed by atoms with Crippen LogP contribution in [0.2, 0.25) is 0 Å². The van der Waals surface area contributed by atoms with Gasteiger partial charge in [-0.05, 0) is 72.6 Å². The van der Waals surface area contributed by atoms with Crippen LogP contribution >= 0.6 is 0 Å². The lowest BCUT2D eigenvalue weighted by Gasteiger charge is -2.26. The zero-order chi connectivity index (χ0) is 29.0. The number of rotatable bonds is 7. The van der Waals surface area contributed by atoms with Crippen LogP contribution in [0.25, 0.3) is 11.5 Å². The summed E-state index contributed by atoms with van der Waals surface area (Å²) in [7, 11) is 3.62. The quantitative estimate of drug-likeness (QED) is 0.422. The Balaban J connectivity index is 1.49. The average Bonchev–Trinajstić information content (AvgIpc) is 3.30. The summed E-state index contributed by atoms with van der Waals surface area (Å²) in [5, 5.41) is 8.47. The maximum atomic E-state index is 13.8. The second kappa shape index (κ2) is 9.87. The average molecular weight is 547 g/mol. The summed E-state index contributed by atoms with van der Waals surface area (Å²) in [5.74, 6) is 1.73. The van der Waals surface area contributed by atoms with Crippen LogP contribution in [0, 0.1) is 0 Å². The maximum absolute atomic E-state index is 13.8. The van der Waals surface area contributed by atoms with Gasteiger partial charge < -0.3 is 19.1 Å². The van der Waals surface area contributed by atoms with E-state index in [4.69, 9.17) is 14.7 Å². The molecule has 0 aromatic carbocycles. The van der Waals surface area contributed by atoms with Crippen LogP contribution in [0.15, 0.2) is 30.6 Å². The normalized spacial score (nSPS) is 15.8. The molecule has 1 aliphatic carbocycles. The fraction of sp³-hybridized carbons (Fsp3) is 0.517. The van der Waals surface area contributed by atoms with E-state index >= 15 is 0 Å². The van der Waals surface area contributed by atoms with Gasteiger partial charge in [0.05, 0.1) is 24.3 Å². The minimum absolute atomic E-state index is 0.00972. The smallest absolute Gasteiger partial charge is 0.410 e. The van der Waals surface area contributed by atoms with Crippen LogP contribution in [0.4, 0.5) is 16.4 Å². The van der Waals surface area contributed by atoms with E-state index in [2.05, 4.69) is 35.5 Å². The van der Waals surface area contributed by atoms with Gasteiger partial charge in [0.2, 0.25) is 0 Å². The topological polar surface area (TPSA) is 110 Å². The first kappa shape index (κ1) is 27.5. The van der Waals surface area contributed by atoms with Gasteiger partial charge in [-0.15, -0.1) is 10.2 Å². The number of ether oxygens (including phenoxy) is 1. The third-order valence-electron chi connectivity index (χ3n) is 7.56.